The molecule has 160 valence electrons. The molecule has 0 radical (unpaired) electrons. The molecule has 0 atom stereocenters. The van der Waals surface area contributed by atoms with Crippen LogP contribution in [0, 0.1) is 0 Å². The molecule has 30 heavy (non-hydrogen) atoms. The Morgan fingerprint density at radius 3 is 2.33 bits per heavy atom. The molecule has 0 aliphatic carbocycles. The number of aryl methyl sites for hydroxylation is 1. The van der Waals surface area contributed by atoms with Gasteiger partial charge in [0.25, 0.3) is 0 Å². The minimum Gasteiger partial charge on any atom is -0.372 e. The van der Waals surface area contributed by atoms with E-state index in [4.69, 9.17) is 0 Å². The predicted molar refractivity (Wildman–Crippen MR) is 109 cm³/mol. The van der Waals surface area contributed by atoms with Gasteiger partial charge in [0.05, 0.1) is 5.56 Å². The quantitative estimate of drug-likeness (QED) is 0.550. The van der Waals surface area contributed by atoms with E-state index < -0.39 is 23.6 Å². The van der Waals surface area contributed by atoms with Crippen LogP contribution in [0.2, 0.25) is 0 Å². The maximum atomic E-state index is 12.7. The lowest BCUT2D eigenvalue weighted by Crippen LogP contribution is -2.36. The Morgan fingerprint density at radius 2 is 1.67 bits per heavy atom. The Bertz CT molecular complexity index is 876. The fraction of sp³-hybridized carbons (Fsp3) is 0.364. The first-order valence-electron chi connectivity index (χ1n) is 9.93. The van der Waals surface area contributed by atoms with Gasteiger partial charge in [-0.1, -0.05) is 18.2 Å². The lowest BCUT2D eigenvalue weighted by atomic mass is 10.1. The maximum Gasteiger partial charge on any atom is 0.416 e. The summed E-state index contributed by atoms with van der Waals surface area (Å²) in [6.07, 6.45) is -0.678. The van der Waals surface area contributed by atoms with E-state index in [1.807, 2.05) is 0 Å². The van der Waals surface area contributed by atoms with Crippen molar-refractivity contribution in [2.24, 2.45) is 0 Å². The van der Waals surface area contributed by atoms with E-state index in [9.17, 15) is 22.8 Å². The molecule has 1 aliphatic rings. The van der Waals surface area contributed by atoms with Gasteiger partial charge in [-0.25, -0.2) is 0 Å². The Hall–Kier alpha value is -3.03. The zero-order chi connectivity index (χ0) is 21.6. The smallest absolute Gasteiger partial charge is 0.372 e. The number of halogens is 3. The fourth-order valence-electron chi connectivity index (χ4n) is 3.38. The second-order valence-corrected chi connectivity index (χ2v) is 7.25. The number of carbonyl (C=O) groups excluding carboxylic acids is 2. The summed E-state index contributed by atoms with van der Waals surface area (Å²) in [4.78, 5) is 26.1. The third kappa shape index (κ3) is 5.98. The van der Waals surface area contributed by atoms with Crippen LogP contribution in [0.3, 0.4) is 0 Å². The van der Waals surface area contributed by atoms with Crippen molar-refractivity contribution in [3.63, 3.8) is 0 Å². The molecule has 0 saturated carbocycles. The van der Waals surface area contributed by atoms with Crippen molar-refractivity contribution < 1.29 is 22.8 Å². The minimum absolute atomic E-state index is 0.0805. The molecule has 0 unspecified atom stereocenters. The van der Waals surface area contributed by atoms with Gasteiger partial charge in [0.15, 0.2) is 0 Å². The highest BCUT2D eigenvalue weighted by atomic mass is 19.4. The number of benzene rings is 2. The first-order chi connectivity index (χ1) is 14.3. The van der Waals surface area contributed by atoms with E-state index >= 15 is 0 Å². The van der Waals surface area contributed by atoms with Gasteiger partial charge < -0.3 is 15.5 Å². The fourth-order valence-corrected chi connectivity index (χ4v) is 3.38. The highest BCUT2D eigenvalue weighted by Gasteiger charge is 2.30. The van der Waals surface area contributed by atoms with Crippen LogP contribution in [0.4, 0.5) is 24.5 Å². The molecule has 5 nitrogen and oxygen atoms in total. The first kappa shape index (κ1) is 21.7. The van der Waals surface area contributed by atoms with Gasteiger partial charge in [-0.2, -0.15) is 13.2 Å². The van der Waals surface area contributed by atoms with Gasteiger partial charge in [0.1, 0.15) is 0 Å². The number of hydrogen-bond acceptors (Lipinski definition) is 3. The SMILES string of the molecule is O=C(NCCCc1ccc(N2CCCC2)cc1)C(=O)Nc1cccc(C(F)(F)F)c1. The number of carbonyl (C=O) groups is 2. The number of amides is 2. The minimum atomic E-state index is -4.52. The Labute approximate surface area is 173 Å². The summed E-state index contributed by atoms with van der Waals surface area (Å²) < 4.78 is 38.1. The van der Waals surface area contributed by atoms with E-state index in [1.54, 1.807) is 0 Å². The van der Waals surface area contributed by atoms with Crippen molar-refractivity contribution >= 4 is 23.2 Å². The Balaban J connectivity index is 1.40. The van der Waals surface area contributed by atoms with Crippen molar-refractivity contribution in [3.05, 3.63) is 59.7 Å². The predicted octanol–water partition coefficient (Wildman–Crippen LogP) is 3.99. The largest absolute Gasteiger partial charge is 0.416 e. The van der Waals surface area contributed by atoms with Crippen molar-refractivity contribution in [2.75, 3.05) is 29.9 Å². The van der Waals surface area contributed by atoms with Crippen molar-refractivity contribution in [3.8, 4) is 0 Å². The molecule has 1 fully saturated rings. The third-order valence-electron chi connectivity index (χ3n) is 4.99. The van der Waals surface area contributed by atoms with Gasteiger partial charge in [-0.15, -0.1) is 0 Å². The third-order valence-corrected chi connectivity index (χ3v) is 4.99. The monoisotopic (exact) mass is 419 g/mol. The molecule has 2 aromatic rings. The summed E-state index contributed by atoms with van der Waals surface area (Å²) >= 11 is 0. The average molecular weight is 419 g/mol. The molecule has 1 saturated heterocycles. The molecule has 8 heteroatoms. The zero-order valence-electron chi connectivity index (χ0n) is 16.5. The zero-order valence-corrected chi connectivity index (χ0v) is 16.5. The molecule has 0 bridgehead atoms. The van der Waals surface area contributed by atoms with Crippen molar-refractivity contribution in [2.45, 2.75) is 31.9 Å². The number of anilines is 2. The Morgan fingerprint density at radius 1 is 0.967 bits per heavy atom. The highest BCUT2D eigenvalue weighted by molar-refractivity contribution is 6.39. The van der Waals surface area contributed by atoms with Crippen LogP contribution in [-0.4, -0.2) is 31.4 Å². The van der Waals surface area contributed by atoms with Gasteiger partial charge in [-0.05, 0) is 61.6 Å². The van der Waals surface area contributed by atoms with E-state index in [-0.39, 0.29) is 5.69 Å². The molecule has 2 amide bonds. The maximum absolute atomic E-state index is 12.7. The first-order valence-corrected chi connectivity index (χ1v) is 9.93. The van der Waals surface area contributed by atoms with E-state index in [1.165, 1.54) is 30.7 Å². The standard InChI is InChI=1S/C22H24F3N3O2/c23-22(24,25)17-6-3-7-18(15-17)27-21(30)20(29)26-12-4-5-16-8-10-19(11-9-16)28-13-1-2-14-28/h3,6-11,15H,1-2,4-5,12-14H2,(H,26,29)(H,27,30). The molecule has 3 rings (SSSR count). The van der Waals surface area contributed by atoms with Crippen LogP contribution < -0.4 is 15.5 Å². The average Bonchev–Trinajstić information content (AvgIpc) is 3.26. The summed E-state index contributed by atoms with van der Waals surface area (Å²) in [5.41, 5.74) is 1.39. The van der Waals surface area contributed by atoms with E-state index in [0.717, 1.165) is 37.2 Å². The van der Waals surface area contributed by atoms with Crippen LogP contribution >= 0.6 is 0 Å². The van der Waals surface area contributed by atoms with Gasteiger partial charge in [0, 0.05) is 31.0 Å². The van der Waals surface area contributed by atoms with Crippen molar-refractivity contribution in [1.29, 1.82) is 0 Å². The van der Waals surface area contributed by atoms with Crippen LogP contribution in [0.5, 0.6) is 0 Å². The van der Waals surface area contributed by atoms with Crippen molar-refractivity contribution in [1.82, 2.24) is 5.32 Å². The molecule has 1 heterocycles. The van der Waals surface area contributed by atoms with Gasteiger partial charge >= 0.3 is 18.0 Å². The molecule has 2 N–H and O–H groups in total. The van der Waals surface area contributed by atoms with Crippen LogP contribution in [-0.2, 0) is 22.2 Å². The van der Waals surface area contributed by atoms with Crippen LogP contribution in [0.1, 0.15) is 30.4 Å². The highest BCUT2D eigenvalue weighted by Crippen LogP contribution is 2.30. The van der Waals surface area contributed by atoms with Crippen LogP contribution in [0.15, 0.2) is 48.5 Å². The topological polar surface area (TPSA) is 61.4 Å². The molecular formula is C22H24F3N3O2. The molecule has 0 aromatic heterocycles. The Kier molecular flexibility index (Phi) is 6.97. The lowest BCUT2D eigenvalue weighted by Gasteiger charge is -2.17. The summed E-state index contributed by atoms with van der Waals surface area (Å²) in [6.45, 7) is 2.48. The molecule has 2 aromatic carbocycles. The number of alkyl halides is 3. The number of nitrogens with one attached hydrogen (secondary N) is 2. The number of rotatable bonds is 6. The molecule has 0 spiro atoms. The summed E-state index contributed by atoms with van der Waals surface area (Å²) in [7, 11) is 0. The van der Waals surface area contributed by atoms with Crippen LogP contribution in [0.25, 0.3) is 0 Å². The second kappa shape index (κ2) is 9.65. The lowest BCUT2D eigenvalue weighted by molar-refractivity contribution is -0.137. The number of nitrogens with zero attached hydrogens (tertiary/aromatic N) is 1. The summed E-state index contributed by atoms with van der Waals surface area (Å²) in [6, 6.07) is 12.5. The van der Waals surface area contributed by atoms with Gasteiger partial charge in [0.2, 0.25) is 0 Å². The second-order valence-electron chi connectivity index (χ2n) is 7.25. The number of hydrogen-bond donors (Lipinski definition) is 2. The molecule has 1 aliphatic heterocycles. The molecular weight excluding hydrogens is 395 g/mol. The van der Waals surface area contributed by atoms with Gasteiger partial charge in [-0.3, -0.25) is 9.59 Å². The summed E-state index contributed by atoms with van der Waals surface area (Å²) in [5, 5.41) is 4.68. The summed E-state index contributed by atoms with van der Waals surface area (Å²) in [5.74, 6) is -1.87. The van der Waals surface area contributed by atoms with E-state index in [2.05, 4.69) is 39.8 Å². The normalized spacial score (nSPS) is 13.9. The van der Waals surface area contributed by atoms with E-state index in [0.29, 0.717) is 13.0 Å².